The second kappa shape index (κ2) is 10.6. The minimum Gasteiger partial charge on any atom is -0.345 e. The highest BCUT2D eigenvalue weighted by Crippen LogP contribution is 2.34. The Morgan fingerprint density at radius 1 is 0.975 bits per heavy atom. The van der Waals surface area contributed by atoms with E-state index in [1.807, 2.05) is 105 Å². The molecule has 0 radical (unpaired) electrons. The number of hydrogen-bond acceptors (Lipinski definition) is 5. The summed E-state index contributed by atoms with van der Waals surface area (Å²) < 4.78 is 1.52. The van der Waals surface area contributed by atoms with Gasteiger partial charge >= 0.3 is 0 Å². The van der Waals surface area contributed by atoms with Crippen LogP contribution in [0, 0.1) is 6.92 Å². The first-order chi connectivity index (χ1) is 19.1. The number of amides is 1. The number of benzene rings is 3. The van der Waals surface area contributed by atoms with E-state index in [0.29, 0.717) is 11.3 Å². The fourth-order valence-corrected chi connectivity index (χ4v) is 4.72. The zero-order valence-corrected chi connectivity index (χ0v) is 23.3. The molecule has 0 saturated heterocycles. The molecule has 2 aromatic heterocycles. The molecule has 0 aliphatic carbocycles. The molecule has 1 amide bonds. The molecule has 0 bridgehead atoms. The normalized spacial score (nSPS) is 11.3. The van der Waals surface area contributed by atoms with Crippen LogP contribution in [0.5, 0.6) is 0 Å². The minimum atomic E-state index is -0.484. The van der Waals surface area contributed by atoms with E-state index in [1.54, 1.807) is 25.6 Å². The minimum absolute atomic E-state index is 0.0814. The summed E-state index contributed by atoms with van der Waals surface area (Å²) in [5, 5.41) is 3.18. The predicted octanol–water partition coefficient (Wildman–Crippen LogP) is 6.33. The second-order valence-corrected chi connectivity index (χ2v) is 10.7. The highest BCUT2D eigenvalue weighted by atomic mass is 16.2. The van der Waals surface area contributed by atoms with Crippen LogP contribution in [-0.4, -0.2) is 31.0 Å². The van der Waals surface area contributed by atoms with Gasteiger partial charge in [0.1, 0.15) is 5.82 Å². The van der Waals surface area contributed by atoms with E-state index >= 15 is 0 Å². The summed E-state index contributed by atoms with van der Waals surface area (Å²) >= 11 is 0. The summed E-state index contributed by atoms with van der Waals surface area (Å²) in [7, 11) is 1.71. The Morgan fingerprint density at radius 3 is 2.35 bits per heavy atom. The molecule has 5 rings (SSSR count). The third-order valence-electron chi connectivity index (χ3n) is 6.71. The molecule has 2 N–H and O–H groups in total. The van der Waals surface area contributed by atoms with E-state index in [2.05, 4.69) is 15.3 Å². The lowest BCUT2D eigenvalue weighted by molar-refractivity contribution is 0.0965. The van der Waals surface area contributed by atoms with E-state index in [1.165, 1.54) is 4.57 Å². The number of H-pyrrole nitrogens is 1. The van der Waals surface area contributed by atoms with Crippen LogP contribution in [-0.2, 0) is 7.05 Å². The van der Waals surface area contributed by atoms with Crippen molar-refractivity contribution in [3.8, 4) is 22.6 Å². The van der Waals surface area contributed by atoms with Gasteiger partial charge in [0, 0.05) is 59.2 Å². The average molecular weight is 533 g/mol. The monoisotopic (exact) mass is 532 g/mol. The molecule has 40 heavy (non-hydrogen) atoms. The number of imidazole rings is 1. The van der Waals surface area contributed by atoms with Crippen LogP contribution in [0.1, 0.15) is 36.7 Å². The molecule has 0 spiro atoms. The van der Waals surface area contributed by atoms with E-state index < -0.39 is 5.54 Å². The molecule has 0 aliphatic heterocycles. The number of carbonyl (C=O) groups is 1. The zero-order valence-electron chi connectivity index (χ0n) is 23.3. The van der Waals surface area contributed by atoms with E-state index in [-0.39, 0.29) is 17.3 Å². The van der Waals surface area contributed by atoms with Crippen LogP contribution in [0.2, 0.25) is 0 Å². The van der Waals surface area contributed by atoms with Crippen LogP contribution in [0.15, 0.2) is 96.2 Å². The van der Waals surface area contributed by atoms with Gasteiger partial charge in [0.05, 0.1) is 5.69 Å². The Bertz CT molecular complexity index is 1700. The predicted molar refractivity (Wildman–Crippen MR) is 160 cm³/mol. The number of rotatable bonds is 6. The number of aryl methyl sites for hydroxylation is 1. The number of aromatic amines is 1. The molecule has 2 heterocycles. The SMILES string of the molecule is Cc1c(-c2cn(C)c(=O)c(Nc3ccc(-c4ncc[nH]4)cc3)n2)cccc1N(C(=O)c1ccccc1)C(C)(C)C. The first kappa shape index (κ1) is 26.6. The zero-order chi connectivity index (χ0) is 28.4. The largest absolute Gasteiger partial charge is 0.345 e. The second-order valence-electron chi connectivity index (χ2n) is 10.7. The topological polar surface area (TPSA) is 95.9 Å². The van der Waals surface area contributed by atoms with Gasteiger partial charge in [0.15, 0.2) is 5.82 Å². The highest BCUT2D eigenvalue weighted by molar-refractivity contribution is 6.07. The maximum Gasteiger partial charge on any atom is 0.293 e. The fourth-order valence-electron chi connectivity index (χ4n) is 4.72. The molecule has 8 nitrogen and oxygen atoms in total. The summed E-state index contributed by atoms with van der Waals surface area (Å²) in [6.45, 7) is 8.03. The van der Waals surface area contributed by atoms with Crippen molar-refractivity contribution < 1.29 is 4.79 Å². The van der Waals surface area contributed by atoms with Gasteiger partial charge in [-0.1, -0.05) is 30.3 Å². The summed E-state index contributed by atoms with van der Waals surface area (Å²) in [5.74, 6) is 0.902. The van der Waals surface area contributed by atoms with E-state index in [0.717, 1.165) is 33.9 Å². The summed E-state index contributed by atoms with van der Waals surface area (Å²) in [4.78, 5) is 40.6. The van der Waals surface area contributed by atoms with Gasteiger partial charge in [0.2, 0.25) is 0 Å². The molecule has 202 valence electrons. The maximum absolute atomic E-state index is 13.7. The van der Waals surface area contributed by atoms with Crippen molar-refractivity contribution in [3.63, 3.8) is 0 Å². The quantitative estimate of drug-likeness (QED) is 0.266. The number of nitrogens with one attached hydrogen (secondary N) is 2. The van der Waals surface area contributed by atoms with E-state index in [4.69, 9.17) is 4.98 Å². The molecular weight excluding hydrogens is 500 g/mol. The van der Waals surface area contributed by atoms with Crippen LogP contribution < -0.4 is 15.8 Å². The van der Waals surface area contributed by atoms with Crippen molar-refractivity contribution in [3.05, 3.63) is 113 Å². The first-order valence-electron chi connectivity index (χ1n) is 13.1. The summed E-state index contributed by atoms with van der Waals surface area (Å²) in [5.41, 5.74) is 4.69. The Hall–Kier alpha value is -4.98. The third-order valence-corrected chi connectivity index (χ3v) is 6.71. The number of carbonyl (C=O) groups excluding carboxylic acids is 1. The lowest BCUT2D eigenvalue weighted by Crippen LogP contribution is -2.46. The van der Waals surface area contributed by atoms with Crippen molar-refractivity contribution in [1.29, 1.82) is 0 Å². The first-order valence-corrected chi connectivity index (χ1v) is 13.1. The number of anilines is 3. The fraction of sp³-hybridized carbons (Fsp3) is 0.188. The van der Waals surface area contributed by atoms with Gasteiger partial charge in [0.25, 0.3) is 11.5 Å². The molecule has 3 aromatic carbocycles. The van der Waals surface area contributed by atoms with Crippen molar-refractivity contribution in [2.24, 2.45) is 7.05 Å². The molecule has 0 aliphatic rings. The van der Waals surface area contributed by atoms with Crippen molar-refractivity contribution in [2.45, 2.75) is 33.2 Å². The van der Waals surface area contributed by atoms with Gasteiger partial charge in [-0.15, -0.1) is 0 Å². The molecule has 0 unspecified atom stereocenters. The average Bonchev–Trinajstić information content (AvgIpc) is 3.48. The maximum atomic E-state index is 13.7. The van der Waals surface area contributed by atoms with Crippen LogP contribution in [0.25, 0.3) is 22.6 Å². The lowest BCUT2D eigenvalue weighted by Gasteiger charge is -2.37. The smallest absolute Gasteiger partial charge is 0.293 e. The Morgan fingerprint density at radius 2 is 1.70 bits per heavy atom. The van der Waals surface area contributed by atoms with Gasteiger partial charge in [-0.05, 0) is 75.7 Å². The van der Waals surface area contributed by atoms with Gasteiger partial charge in [-0.25, -0.2) is 9.97 Å². The standard InChI is InChI=1S/C32H32N6O2/c1-21-25(12-9-13-27(21)38(32(2,3)4)30(39)23-10-7-6-8-11-23)26-20-37(5)31(40)29(36-26)35-24-16-14-22(15-17-24)28-33-18-19-34-28/h6-20H,1-5H3,(H,33,34)(H,35,36). The third kappa shape index (κ3) is 5.29. The van der Waals surface area contributed by atoms with Crippen LogP contribution in [0.4, 0.5) is 17.2 Å². The lowest BCUT2D eigenvalue weighted by atomic mass is 9.97. The number of aromatic nitrogens is 4. The number of hydrogen-bond donors (Lipinski definition) is 2. The molecular formula is C32H32N6O2. The van der Waals surface area contributed by atoms with Crippen molar-refractivity contribution >= 4 is 23.1 Å². The van der Waals surface area contributed by atoms with Gasteiger partial charge < -0.3 is 19.8 Å². The Balaban J connectivity index is 1.52. The molecule has 8 heteroatoms. The summed E-state index contributed by atoms with van der Waals surface area (Å²) in [6.07, 6.45) is 5.20. The highest BCUT2D eigenvalue weighted by Gasteiger charge is 2.30. The van der Waals surface area contributed by atoms with Gasteiger partial charge in [-0.2, -0.15) is 0 Å². The van der Waals surface area contributed by atoms with E-state index in [9.17, 15) is 9.59 Å². The molecule has 0 atom stereocenters. The van der Waals surface area contributed by atoms with Crippen LogP contribution >= 0.6 is 0 Å². The van der Waals surface area contributed by atoms with Gasteiger partial charge in [-0.3, -0.25) is 9.59 Å². The number of nitrogens with zero attached hydrogens (tertiary/aromatic N) is 4. The van der Waals surface area contributed by atoms with Crippen LogP contribution in [0.3, 0.4) is 0 Å². The van der Waals surface area contributed by atoms with Crippen molar-refractivity contribution in [2.75, 3.05) is 10.2 Å². The molecule has 0 saturated carbocycles. The molecule has 5 aromatic rings. The Labute approximate surface area is 233 Å². The summed E-state index contributed by atoms with van der Waals surface area (Å²) in [6, 6.07) is 22.7. The van der Waals surface area contributed by atoms with Crippen molar-refractivity contribution in [1.82, 2.24) is 19.5 Å². The molecule has 0 fully saturated rings. The Kier molecular flexibility index (Phi) is 7.09.